The molecule has 0 saturated carbocycles. The summed E-state index contributed by atoms with van der Waals surface area (Å²) >= 11 is 0. The minimum atomic E-state index is -0.910. The van der Waals surface area contributed by atoms with Gasteiger partial charge < -0.3 is 10.0 Å². The van der Waals surface area contributed by atoms with Crippen LogP contribution in [0.1, 0.15) is 19.3 Å². The molecule has 1 aliphatic heterocycles. The number of alkyl halides is 1. The van der Waals surface area contributed by atoms with Gasteiger partial charge in [-0.3, -0.25) is 0 Å². The van der Waals surface area contributed by atoms with E-state index in [4.69, 9.17) is 5.11 Å². The van der Waals surface area contributed by atoms with Gasteiger partial charge in [0, 0.05) is 25.7 Å². The maximum atomic E-state index is 12.7. The van der Waals surface area contributed by atoms with Gasteiger partial charge in [-0.2, -0.15) is 0 Å². The van der Waals surface area contributed by atoms with Crippen molar-refractivity contribution in [3.05, 3.63) is 12.2 Å². The predicted molar refractivity (Wildman–Crippen MR) is 52.0 cm³/mol. The summed E-state index contributed by atoms with van der Waals surface area (Å²) in [4.78, 5) is 12.3. The van der Waals surface area contributed by atoms with E-state index >= 15 is 0 Å². The highest BCUT2D eigenvalue weighted by atomic mass is 19.1. The smallest absolute Gasteiger partial charge is 0.327 e. The van der Waals surface area contributed by atoms with E-state index in [9.17, 15) is 9.18 Å². The average molecular weight is 201 g/mol. The summed E-state index contributed by atoms with van der Waals surface area (Å²) in [5.41, 5.74) is 0. The molecule has 0 amide bonds. The van der Waals surface area contributed by atoms with Crippen LogP contribution in [-0.2, 0) is 4.79 Å². The molecule has 14 heavy (non-hydrogen) atoms. The van der Waals surface area contributed by atoms with Gasteiger partial charge in [-0.1, -0.05) is 6.08 Å². The molecule has 1 rings (SSSR count). The van der Waals surface area contributed by atoms with Crippen molar-refractivity contribution in [2.24, 2.45) is 0 Å². The van der Waals surface area contributed by atoms with Gasteiger partial charge in [0.1, 0.15) is 6.17 Å². The van der Waals surface area contributed by atoms with Crippen LogP contribution >= 0.6 is 0 Å². The molecule has 4 heteroatoms. The number of carbonyl (C=O) groups is 1. The van der Waals surface area contributed by atoms with Crippen LogP contribution in [0.25, 0.3) is 0 Å². The van der Waals surface area contributed by atoms with Gasteiger partial charge in [0.25, 0.3) is 0 Å². The molecule has 3 nitrogen and oxygen atoms in total. The first-order valence-corrected chi connectivity index (χ1v) is 4.94. The Hall–Kier alpha value is -0.900. The summed E-state index contributed by atoms with van der Waals surface area (Å²) in [5.74, 6) is -0.910. The second-order valence-corrected chi connectivity index (χ2v) is 3.55. The molecule has 0 radical (unpaired) electrons. The summed E-state index contributed by atoms with van der Waals surface area (Å²) in [6.45, 7) is 2.42. The monoisotopic (exact) mass is 201 g/mol. The van der Waals surface area contributed by atoms with E-state index in [2.05, 4.69) is 4.90 Å². The highest BCUT2D eigenvalue weighted by Crippen LogP contribution is 2.13. The van der Waals surface area contributed by atoms with Gasteiger partial charge in [-0.15, -0.1) is 0 Å². The Balaban J connectivity index is 2.10. The molecule has 0 aliphatic carbocycles. The summed E-state index contributed by atoms with van der Waals surface area (Å²) in [5, 5.41) is 8.34. The van der Waals surface area contributed by atoms with Gasteiger partial charge in [-0.25, -0.2) is 9.18 Å². The van der Waals surface area contributed by atoms with E-state index in [0.29, 0.717) is 12.8 Å². The van der Waals surface area contributed by atoms with Gasteiger partial charge in [0.2, 0.25) is 0 Å². The summed E-state index contributed by atoms with van der Waals surface area (Å²) < 4.78 is 12.7. The number of carboxylic acids is 1. The maximum absolute atomic E-state index is 12.7. The van der Waals surface area contributed by atoms with Crippen molar-refractivity contribution in [3.8, 4) is 0 Å². The summed E-state index contributed by atoms with van der Waals surface area (Å²) in [6.07, 6.45) is 4.11. The van der Waals surface area contributed by atoms with Crippen molar-refractivity contribution in [1.29, 1.82) is 0 Å². The van der Waals surface area contributed by atoms with Crippen molar-refractivity contribution in [1.82, 2.24) is 4.90 Å². The average Bonchev–Trinajstić information content (AvgIpc) is 2.15. The topological polar surface area (TPSA) is 40.5 Å². The number of aliphatic carboxylic acids is 1. The molecule has 1 saturated heterocycles. The lowest BCUT2D eigenvalue weighted by molar-refractivity contribution is -0.131. The molecule has 0 unspecified atom stereocenters. The number of rotatable bonds is 4. The molecule has 0 aromatic heterocycles. The summed E-state index contributed by atoms with van der Waals surface area (Å²) in [7, 11) is 0. The number of carboxylic acid groups (broad SMARTS) is 1. The number of piperidine rings is 1. The Morgan fingerprint density at radius 2 is 2.14 bits per heavy atom. The molecule has 1 N–H and O–H groups in total. The fourth-order valence-electron chi connectivity index (χ4n) is 1.57. The van der Waals surface area contributed by atoms with Gasteiger partial charge in [0.05, 0.1) is 0 Å². The van der Waals surface area contributed by atoms with E-state index < -0.39 is 12.1 Å². The van der Waals surface area contributed by atoms with Crippen LogP contribution in [0.5, 0.6) is 0 Å². The number of hydrogen-bond donors (Lipinski definition) is 1. The number of hydrogen-bond acceptors (Lipinski definition) is 2. The molecule has 1 fully saturated rings. The highest BCUT2D eigenvalue weighted by molar-refractivity contribution is 5.79. The van der Waals surface area contributed by atoms with Gasteiger partial charge >= 0.3 is 5.97 Å². The zero-order valence-electron chi connectivity index (χ0n) is 8.16. The Bertz CT molecular complexity index is 210. The van der Waals surface area contributed by atoms with Crippen molar-refractivity contribution in [2.75, 3.05) is 19.6 Å². The number of likely N-dealkylation sites (tertiary alicyclic amines) is 1. The molecule has 0 atom stereocenters. The third kappa shape index (κ3) is 4.37. The lowest BCUT2D eigenvalue weighted by atomic mass is 10.1. The summed E-state index contributed by atoms with van der Waals surface area (Å²) in [6, 6.07) is 0. The molecular formula is C10H16FNO2. The Labute approximate surface area is 83.2 Å². The van der Waals surface area contributed by atoms with Crippen molar-refractivity contribution in [2.45, 2.75) is 25.4 Å². The van der Waals surface area contributed by atoms with Gasteiger partial charge in [-0.05, 0) is 19.3 Å². The second-order valence-electron chi connectivity index (χ2n) is 3.55. The SMILES string of the molecule is O=C(O)C=CCCN1CCC(F)CC1. The van der Waals surface area contributed by atoms with Crippen LogP contribution in [-0.4, -0.2) is 41.8 Å². The zero-order valence-corrected chi connectivity index (χ0v) is 8.16. The third-order valence-electron chi connectivity index (χ3n) is 2.39. The van der Waals surface area contributed by atoms with Crippen molar-refractivity contribution < 1.29 is 14.3 Å². The van der Waals surface area contributed by atoms with E-state index in [1.54, 1.807) is 6.08 Å². The fraction of sp³-hybridized carbons (Fsp3) is 0.700. The fourth-order valence-corrected chi connectivity index (χ4v) is 1.57. The minimum absolute atomic E-state index is 0.614. The van der Waals surface area contributed by atoms with E-state index in [1.807, 2.05) is 0 Å². The Morgan fingerprint density at radius 1 is 1.50 bits per heavy atom. The van der Waals surface area contributed by atoms with Crippen molar-refractivity contribution >= 4 is 5.97 Å². The zero-order chi connectivity index (χ0) is 10.4. The van der Waals surface area contributed by atoms with Crippen LogP contribution in [0.15, 0.2) is 12.2 Å². The Morgan fingerprint density at radius 3 is 2.71 bits per heavy atom. The highest BCUT2D eigenvalue weighted by Gasteiger charge is 2.16. The van der Waals surface area contributed by atoms with Crippen molar-refractivity contribution in [3.63, 3.8) is 0 Å². The molecule has 1 aliphatic rings. The largest absolute Gasteiger partial charge is 0.478 e. The molecule has 80 valence electrons. The molecule has 1 heterocycles. The molecule has 0 aromatic rings. The predicted octanol–water partition coefficient (Wildman–Crippen LogP) is 1.45. The van der Waals surface area contributed by atoms with E-state index in [-0.39, 0.29) is 0 Å². The van der Waals surface area contributed by atoms with E-state index in [1.165, 1.54) is 0 Å². The van der Waals surface area contributed by atoms with Crippen LogP contribution in [0, 0.1) is 0 Å². The molecule has 0 aromatic carbocycles. The number of halogens is 1. The molecule has 0 spiro atoms. The number of nitrogens with zero attached hydrogens (tertiary/aromatic N) is 1. The quantitative estimate of drug-likeness (QED) is 0.700. The lowest BCUT2D eigenvalue weighted by Gasteiger charge is -2.27. The standard InChI is InChI=1S/C10H16FNO2/c11-9-4-7-12(8-5-9)6-2-1-3-10(13)14/h1,3,9H,2,4-8H2,(H,13,14). The molecule has 0 bridgehead atoms. The second kappa shape index (κ2) is 5.75. The first-order chi connectivity index (χ1) is 6.68. The third-order valence-corrected chi connectivity index (χ3v) is 2.39. The minimum Gasteiger partial charge on any atom is -0.478 e. The van der Waals surface area contributed by atoms with Crippen LogP contribution in [0.4, 0.5) is 4.39 Å². The maximum Gasteiger partial charge on any atom is 0.327 e. The molecular weight excluding hydrogens is 185 g/mol. The Kier molecular flexibility index (Phi) is 4.59. The van der Waals surface area contributed by atoms with Crippen LogP contribution < -0.4 is 0 Å². The first kappa shape index (κ1) is 11.2. The first-order valence-electron chi connectivity index (χ1n) is 4.94. The normalized spacial score (nSPS) is 20.4. The van der Waals surface area contributed by atoms with E-state index in [0.717, 1.165) is 32.1 Å². The lowest BCUT2D eigenvalue weighted by Crippen LogP contribution is -2.34. The van der Waals surface area contributed by atoms with Crippen LogP contribution in [0.2, 0.25) is 0 Å². The van der Waals surface area contributed by atoms with Crippen LogP contribution in [0.3, 0.4) is 0 Å². The van der Waals surface area contributed by atoms with Gasteiger partial charge in [0.15, 0.2) is 0 Å².